The Kier molecular flexibility index (Phi) is 5.69. The third kappa shape index (κ3) is 6.71. The highest BCUT2D eigenvalue weighted by atomic mass is 32.2. The Morgan fingerprint density at radius 3 is 1.37 bits per heavy atom. The first kappa shape index (κ1) is 15.4. The van der Waals surface area contributed by atoms with E-state index in [0.717, 1.165) is 11.1 Å². The Morgan fingerprint density at radius 1 is 0.842 bits per heavy atom. The Morgan fingerprint density at radius 2 is 1.11 bits per heavy atom. The van der Waals surface area contributed by atoms with E-state index < -0.39 is 16.2 Å². The molecule has 0 amide bonds. The third-order valence-electron chi connectivity index (χ3n) is 2.23. The van der Waals surface area contributed by atoms with Crippen LogP contribution in [0.1, 0.15) is 17.2 Å². The quantitative estimate of drug-likeness (QED) is 0.828. The largest absolute Gasteiger partial charge is 0.384 e. The van der Waals surface area contributed by atoms with Crippen LogP contribution in [0.15, 0.2) is 60.7 Å². The number of hydrogen-bond acceptors (Lipinski definition) is 3. The molecule has 0 radical (unpaired) electrons. The van der Waals surface area contributed by atoms with Crippen LogP contribution in [0.4, 0.5) is 0 Å². The molecule has 2 rings (SSSR count). The van der Waals surface area contributed by atoms with E-state index in [1.807, 2.05) is 60.7 Å². The average Bonchev–Trinajstić information content (AvgIpc) is 2.38. The molecule has 0 saturated carbocycles. The summed E-state index contributed by atoms with van der Waals surface area (Å²) in [5, 5.41) is 9.99. The van der Waals surface area contributed by atoms with Gasteiger partial charge in [0.25, 0.3) is 10.1 Å². The van der Waals surface area contributed by atoms with Gasteiger partial charge in [-0.25, -0.2) is 0 Å². The van der Waals surface area contributed by atoms with E-state index in [4.69, 9.17) is 4.55 Å². The monoisotopic (exact) mass is 280 g/mol. The maximum Gasteiger partial charge on any atom is 0.261 e. The van der Waals surface area contributed by atoms with Gasteiger partial charge in [0.1, 0.15) is 6.10 Å². The zero-order chi connectivity index (χ0) is 14.3. The molecule has 0 spiro atoms. The lowest BCUT2D eigenvalue weighted by Crippen LogP contribution is -1.98. The minimum absolute atomic E-state index is 0.516. The van der Waals surface area contributed by atoms with Gasteiger partial charge in [0, 0.05) is 0 Å². The molecule has 0 bridgehead atoms. The molecule has 0 heterocycles. The van der Waals surface area contributed by atoms with Gasteiger partial charge in [-0.15, -0.1) is 0 Å². The van der Waals surface area contributed by atoms with Crippen molar-refractivity contribution in [3.8, 4) is 0 Å². The van der Waals surface area contributed by atoms with Crippen LogP contribution in [0.5, 0.6) is 0 Å². The summed E-state index contributed by atoms with van der Waals surface area (Å²) in [6, 6.07) is 19.3. The molecule has 5 heteroatoms. The molecule has 0 aliphatic heterocycles. The maximum absolute atomic E-state index is 9.99. The highest BCUT2D eigenvalue weighted by Gasteiger charge is 2.07. The summed E-state index contributed by atoms with van der Waals surface area (Å²) in [6.07, 6.45) is 0.199. The van der Waals surface area contributed by atoms with Crippen molar-refractivity contribution >= 4 is 10.1 Å². The number of benzene rings is 2. The van der Waals surface area contributed by atoms with E-state index in [1.165, 1.54) is 0 Å². The molecule has 19 heavy (non-hydrogen) atoms. The Bertz CT molecular complexity index is 532. The molecular weight excluding hydrogens is 264 g/mol. The fourth-order valence-corrected chi connectivity index (χ4v) is 1.46. The molecule has 0 saturated heterocycles. The Labute approximate surface area is 113 Å². The summed E-state index contributed by atoms with van der Waals surface area (Å²) in [5.41, 5.74) is 1.86. The van der Waals surface area contributed by atoms with Gasteiger partial charge in [-0.3, -0.25) is 4.55 Å². The first-order chi connectivity index (χ1) is 8.88. The molecule has 0 unspecified atom stereocenters. The molecule has 4 nitrogen and oxygen atoms in total. The Balaban J connectivity index is 0.000000312. The van der Waals surface area contributed by atoms with E-state index in [0.29, 0.717) is 6.26 Å². The van der Waals surface area contributed by atoms with Gasteiger partial charge in [0.2, 0.25) is 0 Å². The van der Waals surface area contributed by atoms with Crippen LogP contribution in [0.25, 0.3) is 0 Å². The normalized spacial score (nSPS) is 10.7. The molecule has 102 valence electrons. The molecule has 0 atom stereocenters. The van der Waals surface area contributed by atoms with E-state index in [-0.39, 0.29) is 0 Å². The summed E-state index contributed by atoms with van der Waals surface area (Å²) < 4.78 is 25.9. The van der Waals surface area contributed by atoms with Gasteiger partial charge >= 0.3 is 0 Å². The molecule has 0 fully saturated rings. The van der Waals surface area contributed by atoms with Crippen molar-refractivity contribution in [3.05, 3.63) is 71.8 Å². The van der Waals surface area contributed by atoms with Gasteiger partial charge in [-0.05, 0) is 11.1 Å². The van der Waals surface area contributed by atoms with Gasteiger partial charge in [0.15, 0.2) is 0 Å². The van der Waals surface area contributed by atoms with Gasteiger partial charge in [0.05, 0.1) is 6.26 Å². The van der Waals surface area contributed by atoms with Crippen molar-refractivity contribution in [1.29, 1.82) is 0 Å². The van der Waals surface area contributed by atoms with Crippen LogP contribution in [-0.4, -0.2) is 24.3 Å². The fourth-order valence-electron chi connectivity index (χ4n) is 1.46. The molecule has 2 N–H and O–H groups in total. The second kappa shape index (κ2) is 7.04. The van der Waals surface area contributed by atoms with Gasteiger partial charge in [-0.1, -0.05) is 60.7 Å². The summed E-state index contributed by atoms with van der Waals surface area (Å²) in [7, 11) is -3.67. The number of hydrogen-bond donors (Lipinski definition) is 2. The summed E-state index contributed by atoms with van der Waals surface area (Å²) in [6.45, 7) is 0. The molecular formula is C14H16O4S. The van der Waals surface area contributed by atoms with Crippen molar-refractivity contribution in [2.45, 2.75) is 6.10 Å². The van der Waals surface area contributed by atoms with Crippen molar-refractivity contribution in [1.82, 2.24) is 0 Å². The SMILES string of the molecule is CS(=O)(=O)O.OC(c1ccccc1)c1ccccc1. The van der Waals surface area contributed by atoms with Crippen molar-refractivity contribution < 1.29 is 18.1 Å². The topological polar surface area (TPSA) is 74.6 Å². The second-order valence-electron chi connectivity index (χ2n) is 3.96. The lowest BCUT2D eigenvalue weighted by molar-refractivity contribution is 0.220. The smallest absolute Gasteiger partial charge is 0.261 e. The van der Waals surface area contributed by atoms with Crippen molar-refractivity contribution in [2.24, 2.45) is 0 Å². The van der Waals surface area contributed by atoms with Crippen LogP contribution in [0.3, 0.4) is 0 Å². The lowest BCUT2D eigenvalue weighted by atomic mass is 10.0. The first-order valence-electron chi connectivity index (χ1n) is 5.58. The van der Waals surface area contributed by atoms with Gasteiger partial charge in [-0.2, -0.15) is 8.42 Å². The minimum Gasteiger partial charge on any atom is -0.384 e. The van der Waals surface area contributed by atoms with E-state index in [9.17, 15) is 13.5 Å². The zero-order valence-corrected chi connectivity index (χ0v) is 11.3. The van der Waals surface area contributed by atoms with E-state index in [2.05, 4.69) is 0 Å². The maximum atomic E-state index is 9.99. The van der Waals surface area contributed by atoms with Crippen LogP contribution in [0, 0.1) is 0 Å². The predicted octanol–water partition coefficient (Wildman–Crippen LogP) is 2.27. The fraction of sp³-hybridized carbons (Fsp3) is 0.143. The number of aliphatic hydroxyl groups excluding tert-OH is 1. The molecule has 0 aromatic heterocycles. The van der Waals surface area contributed by atoms with Crippen LogP contribution < -0.4 is 0 Å². The van der Waals surface area contributed by atoms with Gasteiger partial charge < -0.3 is 5.11 Å². The molecule has 2 aromatic rings. The van der Waals surface area contributed by atoms with E-state index in [1.54, 1.807) is 0 Å². The summed E-state index contributed by atoms with van der Waals surface area (Å²) in [5.74, 6) is 0. The minimum atomic E-state index is -3.67. The standard InChI is InChI=1S/C13H12O.CH4O3S/c14-13(11-7-3-1-4-8-11)12-9-5-2-6-10-12;1-5(2,3)4/h1-10,13-14H;1H3,(H,2,3,4). The molecule has 2 aromatic carbocycles. The lowest BCUT2D eigenvalue weighted by Gasteiger charge is -2.10. The van der Waals surface area contributed by atoms with Crippen molar-refractivity contribution in [3.63, 3.8) is 0 Å². The molecule has 0 aliphatic rings. The Hall–Kier alpha value is -1.69. The predicted molar refractivity (Wildman–Crippen MR) is 74.4 cm³/mol. The zero-order valence-electron chi connectivity index (χ0n) is 10.5. The first-order valence-corrected chi connectivity index (χ1v) is 7.43. The van der Waals surface area contributed by atoms with Crippen LogP contribution >= 0.6 is 0 Å². The third-order valence-corrected chi connectivity index (χ3v) is 2.23. The highest BCUT2D eigenvalue weighted by Crippen LogP contribution is 2.20. The second-order valence-corrected chi connectivity index (χ2v) is 5.42. The van der Waals surface area contributed by atoms with E-state index >= 15 is 0 Å². The average molecular weight is 280 g/mol. The molecule has 0 aliphatic carbocycles. The van der Waals surface area contributed by atoms with Crippen molar-refractivity contribution in [2.75, 3.05) is 6.26 Å². The number of aliphatic hydroxyl groups is 1. The summed E-state index contributed by atoms with van der Waals surface area (Å²) >= 11 is 0. The highest BCUT2D eigenvalue weighted by molar-refractivity contribution is 7.85. The van der Waals surface area contributed by atoms with Crippen LogP contribution in [-0.2, 0) is 10.1 Å². The van der Waals surface area contributed by atoms with Crippen LogP contribution in [0.2, 0.25) is 0 Å². The summed E-state index contributed by atoms with van der Waals surface area (Å²) in [4.78, 5) is 0. The number of rotatable bonds is 2.